The Labute approximate surface area is 80.0 Å². The van der Waals surface area contributed by atoms with Crippen molar-refractivity contribution in [3.63, 3.8) is 0 Å². The SMILES string of the molecule is C=CCCCN(C)CCCC(=O)O. The number of nitrogens with zero attached hydrogens (tertiary/aromatic N) is 1. The molecule has 1 N–H and O–H groups in total. The molecular formula is C10H19NO2. The zero-order valence-corrected chi connectivity index (χ0v) is 8.33. The molecule has 0 rings (SSSR count). The molecule has 0 aromatic heterocycles. The van der Waals surface area contributed by atoms with Gasteiger partial charge in [0.2, 0.25) is 0 Å². The van der Waals surface area contributed by atoms with Crippen molar-refractivity contribution in [3.05, 3.63) is 12.7 Å². The van der Waals surface area contributed by atoms with Crippen molar-refractivity contribution in [1.29, 1.82) is 0 Å². The Bertz CT molecular complexity index is 157. The quantitative estimate of drug-likeness (QED) is 0.462. The molecule has 0 aliphatic heterocycles. The zero-order valence-electron chi connectivity index (χ0n) is 8.33. The van der Waals surface area contributed by atoms with Crippen LogP contribution in [-0.2, 0) is 4.79 Å². The fourth-order valence-corrected chi connectivity index (χ4v) is 1.12. The van der Waals surface area contributed by atoms with E-state index in [9.17, 15) is 4.79 Å². The van der Waals surface area contributed by atoms with Crippen LogP contribution in [0.15, 0.2) is 12.7 Å². The Morgan fingerprint density at radius 1 is 1.46 bits per heavy atom. The Hall–Kier alpha value is -0.830. The van der Waals surface area contributed by atoms with Crippen molar-refractivity contribution in [3.8, 4) is 0 Å². The summed E-state index contributed by atoms with van der Waals surface area (Å²) in [5, 5.41) is 8.41. The van der Waals surface area contributed by atoms with Gasteiger partial charge >= 0.3 is 5.97 Å². The normalized spacial score (nSPS) is 10.3. The molecule has 0 heterocycles. The predicted molar refractivity (Wildman–Crippen MR) is 53.8 cm³/mol. The molecule has 0 aromatic carbocycles. The summed E-state index contributed by atoms with van der Waals surface area (Å²) in [4.78, 5) is 12.4. The molecule has 0 aromatic rings. The minimum Gasteiger partial charge on any atom is -0.481 e. The first kappa shape index (κ1) is 12.2. The molecule has 0 aliphatic rings. The molecule has 0 saturated heterocycles. The molecule has 76 valence electrons. The summed E-state index contributed by atoms with van der Waals surface area (Å²) in [7, 11) is 2.02. The van der Waals surface area contributed by atoms with Crippen molar-refractivity contribution in [1.82, 2.24) is 4.90 Å². The smallest absolute Gasteiger partial charge is 0.303 e. The third-order valence-electron chi connectivity index (χ3n) is 1.88. The van der Waals surface area contributed by atoms with E-state index < -0.39 is 5.97 Å². The summed E-state index contributed by atoms with van der Waals surface area (Å²) < 4.78 is 0. The number of carbonyl (C=O) groups is 1. The number of allylic oxidation sites excluding steroid dienone is 1. The van der Waals surface area contributed by atoms with Gasteiger partial charge in [0, 0.05) is 6.42 Å². The Morgan fingerprint density at radius 2 is 2.08 bits per heavy atom. The minimum atomic E-state index is -0.709. The van der Waals surface area contributed by atoms with Gasteiger partial charge in [-0.15, -0.1) is 6.58 Å². The summed E-state index contributed by atoms with van der Waals surface area (Å²) in [6.07, 6.45) is 5.05. The second-order valence-corrected chi connectivity index (χ2v) is 3.23. The van der Waals surface area contributed by atoms with E-state index in [0.717, 1.165) is 32.4 Å². The first-order chi connectivity index (χ1) is 6.16. The molecule has 0 unspecified atom stereocenters. The highest BCUT2D eigenvalue weighted by Gasteiger charge is 2.00. The van der Waals surface area contributed by atoms with Crippen LogP contribution >= 0.6 is 0 Å². The number of carboxylic acid groups (broad SMARTS) is 1. The van der Waals surface area contributed by atoms with Crippen LogP contribution in [0.4, 0.5) is 0 Å². The van der Waals surface area contributed by atoms with Gasteiger partial charge < -0.3 is 10.0 Å². The van der Waals surface area contributed by atoms with E-state index >= 15 is 0 Å². The van der Waals surface area contributed by atoms with E-state index in [0.29, 0.717) is 0 Å². The van der Waals surface area contributed by atoms with E-state index in [1.165, 1.54) is 0 Å². The summed E-state index contributed by atoms with van der Waals surface area (Å²) in [5.74, 6) is -0.709. The van der Waals surface area contributed by atoms with Crippen LogP contribution in [0.1, 0.15) is 25.7 Å². The summed E-state index contributed by atoms with van der Waals surface area (Å²) >= 11 is 0. The highest BCUT2D eigenvalue weighted by Crippen LogP contribution is 1.96. The van der Waals surface area contributed by atoms with E-state index in [2.05, 4.69) is 11.5 Å². The lowest BCUT2D eigenvalue weighted by atomic mass is 10.2. The molecule has 13 heavy (non-hydrogen) atoms. The van der Waals surface area contributed by atoms with Crippen molar-refractivity contribution in [2.24, 2.45) is 0 Å². The number of hydrogen-bond acceptors (Lipinski definition) is 2. The Morgan fingerprint density at radius 3 is 2.62 bits per heavy atom. The average molecular weight is 185 g/mol. The van der Waals surface area contributed by atoms with Gasteiger partial charge in [0.1, 0.15) is 0 Å². The lowest BCUT2D eigenvalue weighted by Gasteiger charge is -2.14. The van der Waals surface area contributed by atoms with Gasteiger partial charge in [-0.2, -0.15) is 0 Å². The summed E-state index contributed by atoms with van der Waals surface area (Å²) in [5.41, 5.74) is 0. The monoisotopic (exact) mass is 185 g/mol. The highest BCUT2D eigenvalue weighted by molar-refractivity contribution is 5.66. The second-order valence-electron chi connectivity index (χ2n) is 3.23. The first-order valence-corrected chi connectivity index (χ1v) is 4.68. The van der Waals surface area contributed by atoms with E-state index in [1.807, 2.05) is 13.1 Å². The van der Waals surface area contributed by atoms with Gasteiger partial charge in [-0.05, 0) is 39.4 Å². The topological polar surface area (TPSA) is 40.5 Å². The fraction of sp³-hybridized carbons (Fsp3) is 0.700. The Balaban J connectivity index is 3.24. The van der Waals surface area contributed by atoms with Crippen LogP contribution < -0.4 is 0 Å². The van der Waals surface area contributed by atoms with Crippen LogP contribution in [0.3, 0.4) is 0 Å². The number of carboxylic acids is 1. The van der Waals surface area contributed by atoms with Crippen LogP contribution in [0.25, 0.3) is 0 Å². The lowest BCUT2D eigenvalue weighted by molar-refractivity contribution is -0.137. The average Bonchev–Trinajstić information content (AvgIpc) is 2.04. The molecule has 0 radical (unpaired) electrons. The van der Waals surface area contributed by atoms with Crippen LogP contribution in [0.5, 0.6) is 0 Å². The van der Waals surface area contributed by atoms with E-state index in [1.54, 1.807) is 0 Å². The maximum absolute atomic E-state index is 10.2. The van der Waals surface area contributed by atoms with E-state index in [-0.39, 0.29) is 6.42 Å². The maximum Gasteiger partial charge on any atom is 0.303 e. The number of hydrogen-bond donors (Lipinski definition) is 1. The highest BCUT2D eigenvalue weighted by atomic mass is 16.4. The van der Waals surface area contributed by atoms with Crippen LogP contribution in [-0.4, -0.2) is 36.1 Å². The van der Waals surface area contributed by atoms with Gasteiger partial charge in [0.05, 0.1) is 0 Å². The third-order valence-corrected chi connectivity index (χ3v) is 1.88. The minimum absolute atomic E-state index is 0.270. The van der Waals surface area contributed by atoms with Crippen molar-refractivity contribution in [2.45, 2.75) is 25.7 Å². The van der Waals surface area contributed by atoms with Crippen LogP contribution in [0, 0.1) is 0 Å². The molecule has 3 nitrogen and oxygen atoms in total. The predicted octanol–water partition coefficient (Wildman–Crippen LogP) is 1.75. The number of aliphatic carboxylic acids is 1. The van der Waals surface area contributed by atoms with Crippen molar-refractivity contribution >= 4 is 5.97 Å². The van der Waals surface area contributed by atoms with Gasteiger partial charge in [-0.25, -0.2) is 0 Å². The van der Waals surface area contributed by atoms with Gasteiger partial charge in [-0.3, -0.25) is 4.79 Å². The summed E-state index contributed by atoms with van der Waals surface area (Å²) in [6, 6.07) is 0. The summed E-state index contributed by atoms with van der Waals surface area (Å²) in [6.45, 7) is 5.53. The first-order valence-electron chi connectivity index (χ1n) is 4.68. The molecule has 0 spiro atoms. The standard InChI is InChI=1S/C10H19NO2/c1-3-4-5-8-11(2)9-6-7-10(12)13/h3H,1,4-9H2,2H3,(H,12,13). The van der Waals surface area contributed by atoms with E-state index in [4.69, 9.17) is 5.11 Å². The van der Waals surface area contributed by atoms with Gasteiger partial charge in [0.15, 0.2) is 0 Å². The number of unbranched alkanes of at least 4 members (excludes halogenated alkanes) is 1. The third kappa shape index (κ3) is 9.08. The molecular weight excluding hydrogens is 166 g/mol. The van der Waals surface area contributed by atoms with Gasteiger partial charge in [-0.1, -0.05) is 6.08 Å². The largest absolute Gasteiger partial charge is 0.481 e. The molecule has 0 fully saturated rings. The second kappa shape index (κ2) is 7.80. The molecule has 0 amide bonds. The van der Waals surface area contributed by atoms with Crippen molar-refractivity contribution in [2.75, 3.05) is 20.1 Å². The molecule has 0 aliphatic carbocycles. The van der Waals surface area contributed by atoms with Crippen LogP contribution in [0.2, 0.25) is 0 Å². The molecule has 0 bridgehead atoms. The maximum atomic E-state index is 10.2. The van der Waals surface area contributed by atoms with Crippen molar-refractivity contribution < 1.29 is 9.90 Å². The van der Waals surface area contributed by atoms with Gasteiger partial charge in [0.25, 0.3) is 0 Å². The zero-order chi connectivity index (χ0) is 10.1. The molecule has 3 heteroatoms. The molecule has 0 saturated carbocycles. The lowest BCUT2D eigenvalue weighted by Crippen LogP contribution is -2.21. The number of rotatable bonds is 8. The fourth-order valence-electron chi connectivity index (χ4n) is 1.12. The molecule has 0 atom stereocenters. The Kier molecular flexibility index (Phi) is 7.30.